The number of aromatic nitrogens is 2. The van der Waals surface area contributed by atoms with Gasteiger partial charge in [-0.3, -0.25) is 14.5 Å². The number of benzene rings is 1. The molecule has 2 aromatic heterocycles. The van der Waals surface area contributed by atoms with Crippen molar-refractivity contribution >= 4 is 23.6 Å². The molecule has 1 aliphatic rings. The maximum absolute atomic E-state index is 12.9. The van der Waals surface area contributed by atoms with E-state index < -0.39 is 5.97 Å². The lowest BCUT2D eigenvalue weighted by Gasteiger charge is -2.31. The predicted octanol–water partition coefficient (Wildman–Crippen LogP) is 2.78. The Kier molecular flexibility index (Phi) is 7.61. The number of ether oxygens (including phenoxy) is 1. The van der Waals surface area contributed by atoms with Crippen molar-refractivity contribution in [1.82, 2.24) is 20.0 Å². The van der Waals surface area contributed by atoms with Crippen LogP contribution in [0.4, 0.5) is 5.82 Å². The van der Waals surface area contributed by atoms with E-state index in [-0.39, 0.29) is 42.4 Å². The van der Waals surface area contributed by atoms with Crippen molar-refractivity contribution in [3.05, 3.63) is 65.7 Å². The number of piperidine rings is 1. The number of nitrogens with zero attached hydrogens (tertiary/aromatic N) is 3. The molecule has 10 nitrogen and oxygen atoms in total. The van der Waals surface area contributed by atoms with Gasteiger partial charge in [-0.05, 0) is 51.0 Å². The monoisotopic (exact) mass is 479 g/mol. The molecule has 0 radical (unpaired) electrons. The van der Waals surface area contributed by atoms with Crippen molar-refractivity contribution in [1.29, 1.82) is 0 Å². The summed E-state index contributed by atoms with van der Waals surface area (Å²) in [4.78, 5) is 39.7. The first-order valence-electron chi connectivity index (χ1n) is 11.6. The highest BCUT2D eigenvalue weighted by Gasteiger charge is 2.25. The highest BCUT2D eigenvalue weighted by Crippen LogP contribution is 2.22. The molecule has 2 amide bonds. The number of carbonyl (C=O) groups excluding carboxylic acids is 3. The molecule has 0 bridgehead atoms. The van der Waals surface area contributed by atoms with Crippen LogP contribution in [-0.4, -0.2) is 64.7 Å². The fourth-order valence-electron chi connectivity index (χ4n) is 4.02. The zero-order valence-electron chi connectivity index (χ0n) is 19.8. The largest absolute Gasteiger partial charge is 0.462 e. The fraction of sp³-hybridized carbons (Fsp3) is 0.360. The topological polar surface area (TPSA) is 119 Å². The number of aryl methyl sites for hydroxylation is 1. The minimum absolute atomic E-state index is 0.0159. The molecule has 1 aliphatic heterocycles. The van der Waals surface area contributed by atoms with Crippen LogP contribution in [-0.2, 0) is 9.53 Å². The van der Waals surface area contributed by atoms with Crippen LogP contribution in [0.15, 0.2) is 53.1 Å². The number of nitrogens with one attached hydrogen (secondary N) is 2. The number of carbonyl (C=O) groups is 3. The van der Waals surface area contributed by atoms with E-state index in [1.165, 1.54) is 10.9 Å². The number of hydrogen-bond donors (Lipinski definition) is 2. The van der Waals surface area contributed by atoms with E-state index >= 15 is 0 Å². The Hall–Kier alpha value is -3.92. The molecule has 0 saturated carbocycles. The highest BCUT2D eigenvalue weighted by atomic mass is 16.5. The Labute approximate surface area is 203 Å². The standard InChI is InChI=1S/C25H29N5O5/c1-3-34-25(33)20-15-26-30(19-7-5-4-6-8-19)23(20)28-22(31)16-29-13-11-18(12-14-29)27-24(32)21-10-9-17(2)35-21/h4-10,15,18H,3,11-14,16H2,1-2H3,(H,27,32)(H,28,31). The molecule has 0 spiro atoms. The maximum Gasteiger partial charge on any atom is 0.343 e. The molecule has 4 rings (SSSR count). The normalized spacial score (nSPS) is 14.5. The Morgan fingerprint density at radius 2 is 1.86 bits per heavy atom. The number of para-hydroxylation sites is 1. The van der Waals surface area contributed by atoms with Gasteiger partial charge in [-0.2, -0.15) is 5.10 Å². The van der Waals surface area contributed by atoms with Crippen LogP contribution in [0.25, 0.3) is 5.69 Å². The number of rotatable bonds is 8. The van der Waals surface area contributed by atoms with E-state index in [0.717, 1.165) is 0 Å². The third kappa shape index (κ3) is 5.96. The number of amides is 2. The van der Waals surface area contributed by atoms with Crippen molar-refractivity contribution < 1.29 is 23.5 Å². The van der Waals surface area contributed by atoms with E-state index in [1.807, 2.05) is 35.2 Å². The van der Waals surface area contributed by atoms with Gasteiger partial charge in [0.15, 0.2) is 11.6 Å². The summed E-state index contributed by atoms with van der Waals surface area (Å²) in [5.74, 6) is 0.230. The van der Waals surface area contributed by atoms with Gasteiger partial charge < -0.3 is 19.8 Å². The first kappa shape index (κ1) is 24.2. The molecule has 1 saturated heterocycles. The van der Waals surface area contributed by atoms with Gasteiger partial charge in [0, 0.05) is 19.1 Å². The van der Waals surface area contributed by atoms with Gasteiger partial charge in [0.05, 0.1) is 25.0 Å². The molecule has 1 aromatic carbocycles. The SMILES string of the molecule is CCOC(=O)c1cnn(-c2ccccc2)c1NC(=O)CN1CCC(NC(=O)c2ccc(C)o2)CC1. The third-order valence-corrected chi connectivity index (χ3v) is 5.78. The Morgan fingerprint density at radius 1 is 1.11 bits per heavy atom. The van der Waals surface area contributed by atoms with Crippen LogP contribution in [0.2, 0.25) is 0 Å². The zero-order valence-corrected chi connectivity index (χ0v) is 19.8. The van der Waals surface area contributed by atoms with Crippen molar-refractivity contribution in [2.75, 3.05) is 31.6 Å². The van der Waals surface area contributed by atoms with E-state index in [1.54, 1.807) is 26.0 Å². The number of hydrogen-bond acceptors (Lipinski definition) is 7. The maximum atomic E-state index is 12.9. The smallest absolute Gasteiger partial charge is 0.343 e. The second kappa shape index (κ2) is 11.0. The second-order valence-electron chi connectivity index (χ2n) is 8.36. The molecule has 35 heavy (non-hydrogen) atoms. The Balaban J connectivity index is 1.36. The van der Waals surface area contributed by atoms with Crippen LogP contribution < -0.4 is 10.6 Å². The molecule has 0 aliphatic carbocycles. The van der Waals surface area contributed by atoms with Crippen LogP contribution in [0, 0.1) is 6.92 Å². The Morgan fingerprint density at radius 3 is 2.51 bits per heavy atom. The first-order valence-corrected chi connectivity index (χ1v) is 11.6. The fourth-order valence-corrected chi connectivity index (χ4v) is 4.02. The van der Waals surface area contributed by atoms with Gasteiger partial charge >= 0.3 is 5.97 Å². The van der Waals surface area contributed by atoms with Gasteiger partial charge in [0.2, 0.25) is 5.91 Å². The zero-order chi connectivity index (χ0) is 24.8. The number of furan rings is 1. The summed E-state index contributed by atoms with van der Waals surface area (Å²) < 4.78 is 12.0. The summed E-state index contributed by atoms with van der Waals surface area (Å²) in [7, 11) is 0. The number of likely N-dealkylation sites (tertiary alicyclic amines) is 1. The van der Waals surface area contributed by atoms with Crippen LogP contribution >= 0.6 is 0 Å². The summed E-state index contributed by atoms with van der Waals surface area (Å²) in [6, 6.07) is 12.7. The highest BCUT2D eigenvalue weighted by molar-refractivity contribution is 6.01. The lowest BCUT2D eigenvalue weighted by Crippen LogP contribution is -2.46. The molecule has 2 N–H and O–H groups in total. The van der Waals surface area contributed by atoms with E-state index in [9.17, 15) is 14.4 Å². The molecular formula is C25H29N5O5. The van der Waals surface area contributed by atoms with Crippen LogP contribution in [0.3, 0.4) is 0 Å². The first-order chi connectivity index (χ1) is 16.9. The van der Waals surface area contributed by atoms with Gasteiger partial charge in [-0.25, -0.2) is 9.48 Å². The van der Waals surface area contributed by atoms with Crippen molar-refractivity contribution in [2.45, 2.75) is 32.7 Å². The van der Waals surface area contributed by atoms with Crippen LogP contribution in [0.1, 0.15) is 46.4 Å². The quantitative estimate of drug-likeness (QED) is 0.477. The molecule has 3 heterocycles. The number of esters is 1. The van der Waals surface area contributed by atoms with Crippen molar-refractivity contribution in [3.63, 3.8) is 0 Å². The second-order valence-corrected chi connectivity index (χ2v) is 8.36. The lowest BCUT2D eigenvalue weighted by molar-refractivity contribution is -0.117. The molecule has 10 heteroatoms. The van der Waals surface area contributed by atoms with Gasteiger partial charge in [0.25, 0.3) is 5.91 Å². The van der Waals surface area contributed by atoms with Gasteiger partial charge in [0.1, 0.15) is 11.3 Å². The summed E-state index contributed by atoms with van der Waals surface area (Å²) >= 11 is 0. The molecule has 184 valence electrons. The van der Waals surface area contributed by atoms with Crippen LogP contribution in [0.5, 0.6) is 0 Å². The van der Waals surface area contributed by atoms with E-state index in [4.69, 9.17) is 9.15 Å². The molecule has 0 unspecified atom stereocenters. The van der Waals surface area contributed by atoms with Gasteiger partial charge in [-0.1, -0.05) is 18.2 Å². The third-order valence-electron chi connectivity index (χ3n) is 5.78. The lowest BCUT2D eigenvalue weighted by atomic mass is 10.0. The van der Waals surface area contributed by atoms with E-state index in [0.29, 0.717) is 43.1 Å². The Bertz CT molecular complexity index is 1180. The molecule has 3 aromatic rings. The molecule has 0 atom stereocenters. The summed E-state index contributed by atoms with van der Waals surface area (Å²) in [5.41, 5.74) is 0.903. The molecular weight excluding hydrogens is 450 g/mol. The minimum Gasteiger partial charge on any atom is -0.462 e. The van der Waals surface area contributed by atoms with Crippen molar-refractivity contribution in [2.24, 2.45) is 0 Å². The predicted molar refractivity (Wildman–Crippen MR) is 129 cm³/mol. The average Bonchev–Trinajstić information content (AvgIpc) is 3.47. The number of anilines is 1. The van der Waals surface area contributed by atoms with Gasteiger partial charge in [-0.15, -0.1) is 0 Å². The summed E-state index contributed by atoms with van der Waals surface area (Å²) in [6.07, 6.45) is 2.83. The van der Waals surface area contributed by atoms with E-state index in [2.05, 4.69) is 15.7 Å². The average molecular weight is 480 g/mol. The summed E-state index contributed by atoms with van der Waals surface area (Å²) in [6.45, 7) is 5.19. The minimum atomic E-state index is -0.548. The van der Waals surface area contributed by atoms with Crippen molar-refractivity contribution in [3.8, 4) is 5.69 Å². The molecule has 1 fully saturated rings. The summed E-state index contributed by atoms with van der Waals surface area (Å²) in [5, 5.41) is 10.1.